The number of carbonyl (C=O) groups excluding carboxylic acids is 1. The van der Waals surface area contributed by atoms with E-state index in [-0.39, 0.29) is 5.91 Å². The second-order valence-electron chi connectivity index (χ2n) is 3.80. The smallest absolute Gasteiger partial charge is 0.255 e. The average Bonchev–Trinajstić information content (AvgIpc) is 2.27. The zero-order valence-corrected chi connectivity index (χ0v) is 12.7. The summed E-state index contributed by atoms with van der Waals surface area (Å²) in [6, 6.07) is 9.01. The molecule has 92 valence electrons. The van der Waals surface area contributed by atoms with Crippen LogP contribution >= 0.6 is 31.9 Å². The molecule has 1 amide bonds. The van der Waals surface area contributed by atoms with Crippen LogP contribution in [-0.4, -0.2) is 10.9 Å². The molecule has 0 atom stereocenters. The van der Waals surface area contributed by atoms with E-state index in [1.807, 2.05) is 19.1 Å². The zero-order valence-electron chi connectivity index (χ0n) is 9.58. The van der Waals surface area contributed by atoms with Crippen LogP contribution in [0.15, 0.2) is 45.5 Å². The van der Waals surface area contributed by atoms with Crippen LogP contribution in [0.5, 0.6) is 0 Å². The topological polar surface area (TPSA) is 42.0 Å². The van der Waals surface area contributed by atoms with Crippen molar-refractivity contribution in [1.82, 2.24) is 4.98 Å². The molecule has 0 saturated carbocycles. The first-order valence-corrected chi connectivity index (χ1v) is 6.83. The van der Waals surface area contributed by atoms with Gasteiger partial charge in [0.25, 0.3) is 5.91 Å². The van der Waals surface area contributed by atoms with E-state index >= 15 is 0 Å². The second-order valence-corrected chi connectivity index (χ2v) is 5.63. The van der Waals surface area contributed by atoms with Gasteiger partial charge in [-0.3, -0.25) is 9.78 Å². The Morgan fingerprint density at radius 2 is 1.83 bits per heavy atom. The molecule has 1 aromatic carbocycles. The lowest BCUT2D eigenvalue weighted by atomic mass is 10.2. The third kappa shape index (κ3) is 3.40. The minimum atomic E-state index is -0.150. The van der Waals surface area contributed by atoms with E-state index in [1.54, 1.807) is 24.4 Å². The number of carbonyl (C=O) groups is 1. The zero-order chi connectivity index (χ0) is 13.1. The van der Waals surface area contributed by atoms with Gasteiger partial charge >= 0.3 is 0 Å². The van der Waals surface area contributed by atoms with Crippen molar-refractivity contribution < 1.29 is 4.79 Å². The molecule has 0 spiro atoms. The summed E-state index contributed by atoms with van der Waals surface area (Å²) in [4.78, 5) is 16.1. The number of aryl methyl sites for hydroxylation is 1. The summed E-state index contributed by atoms with van der Waals surface area (Å²) in [7, 11) is 0. The third-order valence-electron chi connectivity index (χ3n) is 2.28. The van der Waals surface area contributed by atoms with Crippen molar-refractivity contribution in [3.8, 4) is 0 Å². The average molecular weight is 370 g/mol. The van der Waals surface area contributed by atoms with E-state index in [4.69, 9.17) is 0 Å². The fourth-order valence-corrected chi connectivity index (χ4v) is 2.81. The maximum absolute atomic E-state index is 12.1. The van der Waals surface area contributed by atoms with Crippen molar-refractivity contribution in [2.45, 2.75) is 6.92 Å². The summed E-state index contributed by atoms with van der Waals surface area (Å²) in [6.07, 6.45) is 1.67. The Morgan fingerprint density at radius 3 is 2.44 bits per heavy atom. The van der Waals surface area contributed by atoms with Crippen LogP contribution in [0.3, 0.4) is 0 Å². The van der Waals surface area contributed by atoms with Crippen LogP contribution in [-0.2, 0) is 0 Å². The molecule has 0 bridgehead atoms. The number of nitrogens with zero attached hydrogens (tertiary/aromatic N) is 1. The van der Waals surface area contributed by atoms with Gasteiger partial charge in [0.1, 0.15) is 0 Å². The van der Waals surface area contributed by atoms with E-state index < -0.39 is 0 Å². The fourth-order valence-electron chi connectivity index (χ4n) is 1.51. The Kier molecular flexibility index (Phi) is 4.14. The van der Waals surface area contributed by atoms with Gasteiger partial charge in [-0.15, -0.1) is 0 Å². The van der Waals surface area contributed by atoms with Gasteiger partial charge in [-0.25, -0.2) is 0 Å². The molecule has 0 aliphatic heterocycles. The quantitative estimate of drug-likeness (QED) is 0.863. The van der Waals surface area contributed by atoms with Crippen molar-refractivity contribution in [2.24, 2.45) is 0 Å². The monoisotopic (exact) mass is 368 g/mol. The molecule has 0 aliphatic rings. The molecule has 2 rings (SSSR count). The van der Waals surface area contributed by atoms with E-state index in [0.717, 1.165) is 20.3 Å². The van der Waals surface area contributed by atoms with Gasteiger partial charge in [-0.1, -0.05) is 31.9 Å². The largest absolute Gasteiger partial charge is 0.322 e. The predicted molar refractivity (Wildman–Crippen MR) is 78.8 cm³/mol. The summed E-state index contributed by atoms with van der Waals surface area (Å²) in [5, 5.41) is 2.83. The van der Waals surface area contributed by atoms with Gasteiger partial charge < -0.3 is 5.32 Å². The van der Waals surface area contributed by atoms with Crippen LogP contribution in [0.4, 0.5) is 5.69 Å². The van der Waals surface area contributed by atoms with Gasteiger partial charge in [0, 0.05) is 32.1 Å². The highest BCUT2D eigenvalue weighted by Crippen LogP contribution is 2.21. The van der Waals surface area contributed by atoms with Crippen molar-refractivity contribution in [1.29, 1.82) is 0 Å². The van der Waals surface area contributed by atoms with E-state index in [0.29, 0.717) is 5.56 Å². The SMILES string of the molecule is Cc1cc(NC(=O)c2cc(Br)cc(Br)c2)ccn1. The lowest BCUT2D eigenvalue weighted by Crippen LogP contribution is -2.12. The maximum Gasteiger partial charge on any atom is 0.255 e. The first-order valence-electron chi connectivity index (χ1n) is 5.25. The van der Waals surface area contributed by atoms with Crippen LogP contribution < -0.4 is 5.32 Å². The van der Waals surface area contributed by atoms with Gasteiger partial charge in [0.2, 0.25) is 0 Å². The number of nitrogens with one attached hydrogen (secondary N) is 1. The fraction of sp³-hybridized carbons (Fsp3) is 0.0769. The summed E-state index contributed by atoms with van der Waals surface area (Å²) in [5.74, 6) is -0.150. The molecule has 1 N–H and O–H groups in total. The number of benzene rings is 1. The van der Waals surface area contributed by atoms with Crippen molar-refractivity contribution in [3.63, 3.8) is 0 Å². The van der Waals surface area contributed by atoms with Crippen LogP contribution in [0.2, 0.25) is 0 Å². The summed E-state index contributed by atoms with van der Waals surface area (Å²) >= 11 is 6.72. The Bertz CT molecular complexity index is 579. The second kappa shape index (κ2) is 5.63. The van der Waals surface area contributed by atoms with Gasteiger partial charge in [0.05, 0.1) is 0 Å². The highest BCUT2D eigenvalue weighted by Gasteiger charge is 2.08. The van der Waals surface area contributed by atoms with Crippen LogP contribution in [0, 0.1) is 6.92 Å². The molecule has 5 heteroatoms. The standard InChI is InChI=1S/C13H10Br2N2O/c1-8-4-12(2-3-16-8)17-13(18)9-5-10(14)7-11(15)6-9/h2-7H,1H3,(H,16,17,18). The lowest BCUT2D eigenvalue weighted by molar-refractivity contribution is 0.102. The van der Waals surface area contributed by atoms with E-state index in [9.17, 15) is 4.79 Å². The van der Waals surface area contributed by atoms with Gasteiger partial charge in [-0.2, -0.15) is 0 Å². The molecule has 0 aliphatic carbocycles. The molecule has 0 unspecified atom stereocenters. The molecule has 1 heterocycles. The summed E-state index contributed by atoms with van der Waals surface area (Å²) < 4.78 is 1.71. The first kappa shape index (κ1) is 13.2. The van der Waals surface area contributed by atoms with Gasteiger partial charge in [0.15, 0.2) is 0 Å². The van der Waals surface area contributed by atoms with Crippen LogP contribution in [0.1, 0.15) is 16.1 Å². The maximum atomic E-state index is 12.1. The Hall–Kier alpha value is -1.20. The number of rotatable bonds is 2. The lowest BCUT2D eigenvalue weighted by Gasteiger charge is -2.06. The Morgan fingerprint density at radius 1 is 1.17 bits per heavy atom. The molecular weight excluding hydrogens is 360 g/mol. The number of anilines is 1. The number of pyridine rings is 1. The highest BCUT2D eigenvalue weighted by molar-refractivity contribution is 9.11. The van der Waals surface area contributed by atoms with Crippen molar-refractivity contribution >= 4 is 43.5 Å². The Labute approximate surface area is 122 Å². The molecule has 0 radical (unpaired) electrons. The van der Waals surface area contributed by atoms with Crippen molar-refractivity contribution in [2.75, 3.05) is 5.32 Å². The molecule has 0 saturated heterocycles. The summed E-state index contributed by atoms with van der Waals surface area (Å²) in [6.45, 7) is 1.88. The number of hydrogen-bond donors (Lipinski definition) is 1. The first-order chi connectivity index (χ1) is 8.54. The summed E-state index contributed by atoms with van der Waals surface area (Å²) in [5.41, 5.74) is 2.19. The normalized spacial score (nSPS) is 10.2. The minimum absolute atomic E-state index is 0.150. The Balaban J connectivity index is 2.22. The van der Waals surface area contributed by atoms with Gasteiger partial charge in [-0.05, 0) is 37.3 Å². The number of hydrogen-bond acceptors (Lipinski definition) is 2. The van der Waals surface area contributed by atoms with Crippen molar-refractivity contribution in [3.05, 3.63) is 56.7 Å². The van der Waals surface area contributed by atoms with Crippen LogP contribution in [0.25, 0.3) is 0 Å². The minimum Gasteiger partial charge on any atom is -0.322 e. The molecule has 3 nitrogen and oxygen atoms in total. The molecular formula is C13H10Br2N2O. The molecule has 1 aromatic heterocycles. The molecule has 0 fully saturated rings. The molecule has 18 heavy (non-hydrogen) atoms. The predicted octanol–water partition coefficient (Wildman–Crippen LogP) is 4.17. The number of halogens is 2. The van der Waals surface area contributed by atoms with E-state index in [2.05, 4.69) is 42.2 Å². The van der Waals surface area contributed by atoms with E-state index in [1.165, 1.54) is 0 Å². The highest BCUT2D eigenvalue weighted by atomic mass is 79.9. The third-order valence-corrected chi connectivity index (χ3v) is 3.19. The number of amides is 1. The number of aromatic nitrogens is 1. The molecule has 2 aromatic rings.